The van der Waals surface area contributed by atoms with Gasteiger partial charge in [0.2, 0.25) is 0 Å². The number of hydrogen-bond acceptors (Lipinski definition) is 1. The van der Waals surface area contributed by atoms with Crippen molar-refractivity contribution >= 4 is 0 Å². The van der Waals surface area contributed by atoms with E-state index in [1.165, 1.54) is 63.4 Å². The molecule has 0 amide bonds. The van der Waals surface area contributed by atoms with Gasteiger partial charge in [-0.2, -0.15) is 0 Å². The fraction of sp³-hybridized carbons (Fsp3) is 0.588. The van der Waals surface area contributed by atoms with Crippen LogP contribution in [0.15, 0.2) is 24.3 Å². The molecule has 0 bridgehead atoms. The third-order valence-corrected chi connectivity index (χ3v) is 3.41. The summed E-state index contributed by atoms with van der Waals surface area (Å²) in [5.74, 6) is 0.842. The standard InChI is InChI=1S/C17H27O/c1-3-4-5-6-7-8-9-10-11-16-12-14-17(18-2)15-13-16/h12-15H,2-11H2,1H3. The van der Waals surface area contributed by atoms with Gasteiger partial charge in [-0.1, -0.05) is 64.0 Å². The van der Waals surface area contributed by atoms with Crippen LogP contribution in [-0.4, -0.2) is 0 Å². The molecule has 18 heavy (non-hydrogen) atoms. The van der Waals surface area contributed by atoms with E-state index in [1.54, 1.807) is 0 Å². The Kier molecular flexibility index (Phi) is 8.37. The summed E-state index contributed by atoms with van der Waals surface area (Å²) < 4.78 is 4.91. The van der Waals surface area contributed by atoms with Crippen molar-refractivity contribution in [3.8, 4) is 5.75 Å². The third kappa shape index (κ3) is 6.68. The molecular weight excluding hydrogens is 220 g/mol. The topological polar surface area (TPSA) is 9.23 Å². The highest BCUT2D eigenvalue weighted by Gasteiger charge is 1.95. The Morgan fingerprint density at radius 1 is 0.833 bits per heavy atom. The molecule has 1 aromatic carbocycles. The minimum absolute atomic E-state index is 0.842. The highest BCUT2D eigenvalue weighted by molar-refractivity contribution is 5.27. The Hall–Kier alpha value is -0.980. The van der Waals surface area contributed by atoms with Crippen LogP contribution < -0.4 is 4.74 Å². The van der Waals surface area contributed by atoms with Gasteiger partial charge in [-0.3, -0.25) is 0 Å². The molecular formula is C17H27O. The van der Waals surface area contributed by atoms with Gasteiger partial charge in [-0.15, -0.1) is 0 Å². The van der Waals surface area contributed by atoms with Crippen LogP contribution in [0.2, 0.25) is 0 Å². The molecule has 1 nitrogen and oxygen atoms in total. The van der Waals surface area contributed by atoms with Crippen molar-refractivity contribution in [2.45, 2.75) is 64.7 Å². The fourth-order valence-corrected chi connectivity index (χ4v) is 2.22. The lowest BCUT2D eigenvalue weighted by Gasteiger charge is -2.04. The van der Waals surface area contributed by atoms with E-state index in [0.717, 1.165) is 5.75 Å². The quantitative estimate of drug-likeness (QED) is 0.493. The molecule has 0 spiro atoms. The van der Waals surface area contributed by atoms with Crippen LogP contribution in [0.4, 0.5) is 0 Å². The van der Waals surface area contributed by atoms with E-state index < -0.39 is 0 Å². The summed E-state index contributed by atoms with van der Waals surface area (Å²) in [6, 6.07) is 8.27. The number of rotatable bonds is 10. The molecule has 0 aliphatic heterocycles. The van der Waals surface area contributed by atoms with Gasteiger partial charge in [-0.25, -0.2) is 0 Å². The summed E-state index contributed by atoms with van der Waals surface area (Å²) in [7, 11) is 3.40. The highest BCUT2D eigenvalue weighted by Crippen LogP contribution is 2.15. The molecule has 0 fully saturated rings. The first-order valence-corrected chi connectivity index (χ1v) is 7.37. The van der Waals surface area contributed by atoms with Crippen molar-refractivity contribution in [1.82, 2.24) is 0 Å². The van der Waals surface area contributed by atoms with Crippen LogP contribution in [-0.2, 0) is 6.42 Å². The van der Waals surface area contributed by atoms with E-state index >= 15 is 0 Å². The molecule has 0 saturated heterocycles. The van der Waals surface area contributed by atoms with E-state index in [1.807, 2.05) is 12.1 Å². The van der Waals surface area contributed by atoms with Gasteiger partial charge in [0.05, 0.1) is 0 Å². The number of ether oxygens (including phenoxy) is 1. The summed E-state index contributed by atoms with van der Waals surface area (Å²) in [4.78, 5) is 0. The van der Waals surface area contributed by atoms with Gasteiger partial charge in [0.1, 0.15) is 12.9 Å². The predicted molar refractivity (Wildman–Crippen MR) is 78.7 cm³/mol. The maximum atomic E-state index is 4.91. The van der Waals surface area contributed by atoms with Crippen LogP contribution >= 0.6 is 0 Å². The number of unbranched alkanes of at least 4 members (excludes halogenated alkanes) is 7. The average Bonchev–Trinajstić information content (AvgIpc) is 2.42. The zero-order chi connectivity index (χ0) is 13.1. The summed E-state index contributed by atoms with van der Waals surface area (Å²) in [6.45, 7) is 2.27. The average molecular weight is 247 g/mol. The maximum absolute atomic E-state index is 4.91. The van der Waals surface area contributed by atoms with Gasteiger partial charge in [0.25, 0.3) is 0 Å². The van der Waals surface area contributed by atoms with Crippen LogP contribution in [0, 0.1) is 7.11 Å². The number of aryl methyl sites for hydroxylation is 1. The molecule has 1 heteroatoms. The molecule has 101 valence electrons. The zero-order valence-corrected chi connectivity index (χ0v) is 11.8. The second-order valence-corrected chi connectivity index (χ2v) is 5.01. The van der Waals surface area contributed by atoms with Crippen molar-refractivity contribution in [2.24, 2.45) is 0 Å². The molecule has 0 atom stereocenters. The Morgan fingerprint density at radius 2 is 1.39 bits per heavy atom. The third-order valence-electron chi connectivity index (χ3n) is 3.41. The lowest BCUT2D eigenvalue weighted by molar-refractivity contribution is 0.472. The molecule has 1 rings (SSSR count). The molecule has 0 N–H and O–H groups in total. The molecule has 1 radical (unpaired) electrons. The van der Waals surface area contributed by atoms with E-state index in [-0.39, 0.29) is 0 Å². The van der Waals surface area contributed by atoms with Crippen molar-refractivity contribution in [3.05, 3.63) is 36.9 Å². The van der Waals surface area contributed by atoms with Crippen LogP contribution in [0.1, 0.15) is 63.9 Å². The molecule has 0 saturated carbocycles. The zero-order valence-electron chi connectivity index (χ0n) is 11.8. The molecule has 1 aromatic rings. The maximum Gasteiger partial charge on any atom is 0.122 e. The minimum Gasteiger partial charge on any atom is -0.490 e. The first kappa shape index (κ1) is 15.1. The summed E-state index contributed by atoms with van der Waals surface area (Å²) in [5.41, 5.74) is 1.40. The normalized spacial score (nSPS) is 10.6. The van der Waals surface area contributed by atoms with Gasteiger partial charge in [-0.05, 0) is 30.5 Å². The first-order chi connectivity index (χ1) is 8.86. The lowest BCUT2D eigenvalue weighted by atomic mass is 10.0. The van der Waals surface area contributed by atoms with Crippen molar-refractivity contribution in [2.75, 3.05) is 0 Å². The Balaban J connectivity index is 2.00. The van der Waals surface area contributed by atoms with Gasteiger partial charge < -0.3 is 4.74 Å². The molecule has 0 heterocycles. The molecule has 0 unspecified atom stereocenters. The largest absolute Gasteiger partial charge is 0.490 e. The molecule has 0 aromatic heterocycles. The SMILES string of the molecule is [CH2]Oc1ccc(CCCCCCCCCC)cc1. The minimum atomic E-state index is 0.842. The number of hydrogen-bond donors (Lipinski definition) is 0. The van der Waals surface area contributed by atoms with Crippen molar-refractivity contribution in [3.63, 3.8) is 0 Å². The smallest absolute Gasteiger partial charge is 0.122 e. The van der Waals surface area contributed by atoms with Gasteiger partial charge in [0.15, 0.2) is 0 Å². The van der Waals surface area contributed by atoms with Crippen LogP contribution in [0.5, 0.6) is 5.75 Å². The second kappa shape index (κ2) is 9.99. The summed E-state index contributed by atoms with van der Waals surface area (Å²) in [6.07, 6.45) is 12.2. The van der Waals surface area contributed by atoms with E-state index in [4.69, 9.17) is 4.74 Å². The van der Waals surface area contributed by atoms with Crippen LogP contribution in [0.3, 0.4) is 0 Å². The lowest BCUT2D eigenvalue weighted by Crippen LogP contribution is -1.87. The van der Waals surface area contributed by atoms with Crippen molar-refractivity contribution < 1.29 is 4.74 Å². The van der Waals surface area contributed by atoms with E-state index in [0.29, 0.717) is 0 Å². The predicted octanol–water partition coefficient (Wildman–Crippen LogP) is 5.54. The monoisotopic (exact) mass is 247 g/mol. The van der Waals surface area contributed by atoms with Crippen LogP contribution in [0.25, 0.3) is 0 Å². The Labute approximate surface area is 113 Å². The van der Waals surface area contributed by atoms with E-state index in [2.05, 4.69) is 26.2 Å². The highest BCUT2D eigenvalue weighted by atomic mass is 16.5. The summed E-state index contributed by atoms with van der Waals surface area (Å²) >= 11 is 0. The number of benzene rings is 1. The van der Waals surface area contributed by atoms with E-state index in [9.17, 15) is 0 Å². The van der Waals surface area contributed by atoms with Crippen molar-refractivity contribution in [1.29, 1.82) is 0 Å². The summed E-state index contributed by atoms with van der Waals surface area (Å²) in [5, 5.41) is 0. The second-order valence-electron chi connectivity index (χ2n) is 5.01. The first-order valence-electron chi connectivity index (χ1n) is 7.37. The fourth-order valence-electron chi connectivity index (χ4n) is 2.22. The van der Waals surface area contributed by atoms with Gasteiger partial charge in [0, 0.05) is 0 Å². The Bertz CT molecular complexity index is 289. The molecule has 0 aliphatic carbocycles. The van der Waals surface area contributed by atoms with Gasteiger partial charge >= 0.3 is 0 Å². The Morgan fingerprint density at radius 3 is 1.94 bits per heavy atom. The molecule has 0 aliphatic rings.